The molecule has 4 nitrogen and oxygen atoms in total. The van der Waals surface area contributed by atoms with E-state index in [1.165, 1.54) is 12.0 Å². The van der Waals surface area contributed by atoms with Gasteiger partial charge in [-0.15, -0.1) is 0 Å². The van der Waals surface area contributed by atoms with Gasteiger partial charge >= 0.3 is 6.18 Å². The second kappa shape index (κ2) is 9.38. The lowest BCUT2D eigenvalue weighted by Crippen LogP contribution is -2.69. The molecule has 4 aliphatic rings. The number of halogens is 3. The minimum atomic E-state index is -4.55. The topological polar surface area (TPSA) is 63.9 Å². The molecule has 0 amide bonds. The molecule has 1 aliphatic heterocycles. The molecule has 4 fully saturated rings. The molecule has 0 aromatic rings. The smallest absolute Gasteiger partial charge is 0.388 e. The van der Waals surface area contributed by atoms with Crippen molar-refractivity contribution in [3.05, 3.63) is 35.5 Å². The summed E-state index contributed by atoms with van der Waals surface area (Å²) >= 11 is 0. The third kappa shape index (κ3) is 4.78. The first-order chi connectivity index (χ1) is 15.8. The maximum Gasteiger partial charge on any atom is 0.419 e. The molecule has 1 saturated heterocycles. The summed E-state index contributed by atoms with van der Waals surface area (Å²) in [5.41, 5.74) is 0.689. The Labute approximate surface area is 201 Å². The summed E-state index contributed by atoms with van der Waals surface area (Å²) in [7, 11) is 0. The molecule has 34 heavy (non-hydrogen) atoms. The summed E-state index contributed by atoms with van der Waals surface area (Å²) in [6.45, 7) is 8.40. The third-order valence-electron chi connectivity index (χ3n) is 9.42. The Morgan fingerprint density at radius 1 is 1.15 bits per heavy atom. The number of fused-ring (bicyclic) bond motifs is 1. The highest BCUT2D eigenvalue weighted by Crippen LogP contribution is 2.59. The zero-order chi connectivity index (χ0) is 24.9. The first-order valence-electron chi connectivity index (χ1n) is 12.8. The second-order valence-corrected chi connectivity index (χ2v) is 11.7. The van der Waals surface area contributed by atoms with Crippen LogP contribution in [0.4, 0.5) is 13.2 Å². The van der Waals surface area contributed by atoms with E-state index in [9.17, 15) is 28.5 Å². The van der Waals surface area contributed by atoms with E-state index in [-0.39, 0.29) is 18.5 Å². The lowest BCUT2D eigenvalue weighted by atomic mass is 9.61. The van der Waals surface area contributed by atoms with Crippen molar-refractivity contribution in [1.82, 2.24) is 4.90 Å². The molecular weight excluding hydrogens is 443 g/mol. The van der Waals surface area contributed by atoms with Gasteiger partial charge in [0.2, 0.25) is 0 Å². The van der Waals surface area contributed by atoms with Crippen LogP contribution in [-0.4, -0.2) is 63.8 Å². The number of aliphatic hydroxyl groups excluding tert-OH is 2. The summed E-state index contributed by atoms with van der Waals surface area (Å²) in [5.74, 6) is 1.47. The number of nitrogens with zero attached hydrogens (tertiary/aromatic N) is 1. The van der Waals surface area contributed by atoms with E-state index >= 15 is 0 Å². The summed E-state index contributed by atoms with van der Waals surface area (Å²) in [6, 6.07) is 0. The van der Waals surface area contributed by atoms with Crippen molar-refractivity contribution in [1.29, 1.82) is 0 Å². The molecule has 0 aromatic carbocycles. The third-order valence-corrected chi connectivity index (χ3v) is 9.42. The lowest BCUT2D eigenvalue weighted by Gasteiger charge is -2.48. The van der Waals surface area contributed by atoms with Gasteiger partial charge in [0, 0.05) is 13.1 Å². The van der Waals surface area contributed by atoms with Gasteiger partial charge in [0.25, 0.3) is 0 Å². The van der Waals surface area contributed by atoms with Crippen LogP contribution in [0.3, 0.4) is 0 Å². The fourth-order valence-corrected chi connectivity index (χ4v) is 7.26. The standard InChI is InChI=1S/C27H40F3NO3/c1-17(10-12-31-15-26(34,16-31)27(28,29)30)21-8-9-22-20(5-4-11-25(21,22)3)7-6-19-13-23(32)18(2)24(33)14-19/h6-7,17,21-24,32-34H,2,4-5,8-16H2,1,3H3/b20-7+/t17-,21-,22+,23-,24-,25-/m1/s1. The van der Waals surface area contributed by atoms with Crippen LogP contribution in [0.15, 0.2) is 35.5 Å². The number of hydrogen-bond donors (Lipinski definition) is 3. The van der Waals surface area contributed by atoms with Crippen LogP contribution >= 0.6 is 0 Å². The second-order valence-electron chi connectivity index (χ2n) is 11.7. The molecule has 0 bridgehead atoms. The van der Waals surface area contributed by atoms with Crippen LogP contribution in [0.2, 0.25) is 0 Å². The van der Waals surface area contributed by atoms with Crippen molar-refractivity contribution < 1.29 is 28.5 Å². The first kappa shape index (κ1) is 25.9. The van der Waals surface area contributed by atoms with Crippen molar-refractivity contribution in [3.63, 3.8) is 0 Å². The average molecular weight is 484 g/mol. The van der Waals surface area contributed by atoms with Crippen LogP contribution in [0, 0.1) is 23.2 Å². The van der Waals surface area contributed by atoms with E-state index in [1.54, 1.807) is 4.90 Å². The molecular formula is C27H40F3NO3. The zero-order valence-electron chi connectivity index (χ0n) is 20.4. The van der Waals surface area contributed by atoms with E-state index in [1.807, 2.05) is 0 Å². The molecule has 3 aliphatic carbocycles. The number of alkyl halides is 3. The molecule has 4 rings (SSSR count). The Kier molecular flexibility index (Phi) is 7.15. The van der Waals surface area contributed by atoms with Crippen molar-refractivity contribution in [2.45, 2.75) is 89.2 Å². The summed E-state index contributed by atoms with van der Waals surface area (Å²) in [5, 5.41) is 30.0. The van der Waals surface area contributed by atoms with E-state index in [0.717, 1.165) is 37.7 Å². The molecule has 192 valence electrons. The number of likely N-dealkylation sites (tertiary alicyclic amines) is 1. The maximum atomic E-state index is 12.9. The van der Waals surface area contributed by atoms with Gasteiger partial charge in [0.05, 0.1) is 12.2 Å². The summed E-state index contributed by atoms with van der Waals surface area (Å²) < 4.78 is 38.7. The molecule has 0 aromatic heterocycles. The predicted octanol–water partition coefficient (Wildman–Crippen LogP) is 4.76. The number of hydrogen-bond acceptors (Lipinski definition) is 4. The fourth-order valence-electron chi connectivity index (χ4n) is 7.26. The molecule has 0 radical (unpaired) electrons. The van der Waals surface area contributed by atoms with Gasteiger partial charge in [0.15, 0.2) is 5.60 Å². The summed E-state index contributed by atoms with van der Waals surface area (Å²) in [6.07, 6.45) is 5.99. The molecule has 0 spiro atoms. The van der Waals surface area contributed by atoms with Gasteiger partial charge in [-0.05, 0) is 86.7 Å². The molecule has 3 N–H and O–H groups in total. The van der Waals surface area contributed by atoms with Gasteiger partial charge in [-0.25, -0.2) is 0 Å². The minimum absolute atomic E-state index is 0.198. The van der Waals surface area contributed by atoms with Gasteiger partial charge in [0.1, 0.15) is 0 Å². The largest absolute Gasteiger partial charge is 0.419 e. The Morgan fingerprint density at radius 3 is 2.41 bits per heavy atom. The molecule has 3 saturated carbocycles. The zero-order valence-corrected chi connectivity index (χ0v) is 20.4. The van der Waals surface area contributed by atoms with Crippen LogP contribution in [0.25, 0.3) is 0 Å². The minimum Gasteiger partial charge on any atom is -0.388 e. The van der Waals surface area contributed by atoms with E-state index in [4.69, 9.17) is 0 Å². The predicted molar refractivity (Wildman–Crippen MR) is 126 cm³/mol. The number of aliphatic hydroxyl groups is 3. The molecule has 1 heterocycles. The highest BCUT2D eigenvalue weighted by molar-refractivity contribution is 5.29. The van der Waals surface area contributed by atoms with Crippen molar-refractivity contribution in [3.8, 4) is 0 Å². The SMILES string of the molecule is C=C1[C@H](O)CC(=C/C=C2\CCC[C@]3(C)[C@@H]([C@H](C)CCN4CC(O)(C(F)(F)F)C4)CC[C@@H]23)C[C@H]1O. The number of allylic oxidation sites excluding steroid dienone is 3. The Hall–Kier alpha value is -1.15. The fraction of sp³-hybridized carbons (Fsp3) is 0.778. The van der Waals surface area contributed by atoms with Crippen LogP contribution in [-0.2, 0) is 0 Å². The molecule has 7 heteroatoms. The first-order valence-corrected chi connectivity index (χ1v) is 12.8. The van der Waals surface area contributed by atoms with Crippen LogP contribution < -0.4 is 0 Å². The number of β-amino-alcohol motifs (C(OH)–C–C–N with tert-alkyl or cyclic N) is 1. The van der Waals surface area contributed by atoms with E-state index in [2.05, 4.69) is 32.6 Å². The Bertz CT molecular complexity index is 829. The molecule has 0 unspecified atom stereocenters. The van der Waals surface area contributed by atoms with Crippen molar-refractivity contribution in [2.75, 3.05) is 19.6 Å². The molecule has 6 atom stereocenters. The monoisotopic (exact) mass is 483 g/mol. The van der Waals surface area contributed by atoms with Gasteiger partial charge in [-0.1, -0.05) is 43.7 Å². The lowest BCUT2D eigenvalue weighted by molar-refractivity contribution is -0.301. The summed E-state index contributed by atoms with van der Waals surface area (Å²) in [4.78, 5) is 1.72. The quantitative estimate of drug-likeness (QED) is 0.494. The van der Waals surface area contributed by atoms with Gasteiger partial charge < -0.3 is 15.3 Å². The van der Waals surface area contributed by atoms with E-state index < -0.39 is 24.0 Å². The van der Waals surface area contributed by atoms with Crippen LogP contribution in [0.1, 0.15) is 65.2 Å². The highest BCUT2D eigenvalue weighted by Gasteiger charge is 2.60. The van der Waals surface area contributed by atoms with Gasteiger partial charge in [-0.3, -0.25) is 4.90 Å². The van der Waals surface area contributed by atoms with Gasteiger partial charge in [-0.2, -0.15) is 13.2 Å². The van der Waals surface area contributed by atoms with E-state index in [0.29, 0.717) is 42.7 Å². The number of rotatable bonds is 5. The maximum absolute atomic E-state index is 12.9. The normalized spacial score (nSPS) is 38.5. The van der Waals surface area contributed by atoms with Crippen LogP contribution in [0.5, 0.6) is 0 Å². The van der Waals surface area contributed by atoms with Crippen molar-refractivity contribution in [2.24, 2.45) is 23.2 Å². The average Bonchev–Trinajstić information content (AvgIpc) is 3.09. The van der Waals surface area contributed by atoms with Crippen molar-refractivity contribution >= 4 is 0 Å². The Morgan fingerprint density at radius 2 is 1.79 bits per heavy atom. The highest BCUT2D eigenvalue weighted by atomic mass is 19.4. The Balaban J connectivity index is 1.36.